The molecular formula is C19H20N2O5S. The second kappa shape index (κ2) is 7.40. The number of rotatable bonds is 5. The van der Waals surface area contributed by atoms with Crippen LogP contribution >= 0.6 is 0 Å². The van der Waals surface area contributed by atoms with E-state index in [-0.39, 0.29) is 10.5 Å². The predicted octanol–water partition coefficient (Wildman–Crippen LogP) is 2.49. The lowest BCUT2D eigenvalue weighted by Crippen LogP contribution is -2.40. The molecule has 1 heterocycles. The predicted molar refractivity (Wildman–Crippen MR) is 100 cm³/mol. The van der Waals surface area contributed by atoms with Crippen LogP contribution in [0.1, 0.15) is 28.8 Å². The van der Waals surface area contributed by atoms with Crippen LogP contribution in [0.5, 0.6) is 0 Å². The van der Waals surface area contributed by atoms with Crippen molar-refractivity contribution in [2.24, 2.45) is 0 Å². The van der Waals surface area contributed by atoms with Gasteiger partial charge in [0.1, 0.15) is 6.04 Å². The van der Waals surface area contributed by atoms with Crippen LogP contribution in [0.2, 0.25) is 0 Å². The molecule has 1 aliphatic heterocycles. The zero-order chi connectivity index (χ0) is 19.6. The zero-order valence-corrected chi connectivity index (χ0v) is 15.6. The van der Waals surface area contributed by atoms with Gasteiger partial charge in [0.25, 0.3) is 15.9 Å². The first kappa shape index (κ1) is 18.9. The van der Waals surface area contributed by atoms with Crippen LogP contribution < -0.4 is 4.72 Å². The van der Waals surface area contributed by atoms with Crippen LogP contribution in [0.3, 0.4) is 0 Å². The molecule has 8 heteroatoms. The minimum Gasteiger partial charge on any atom is -0.480 e. The molecule has 0 bridgehead atoms. The molecule has 7 nitrogen and oxygen atoms in total. The average molecular weight is 388 g/mol. The van der Waals surface area contributed by atoms with Crippen LogP contribution in [0.4, 0.5) is 5.69 Å². The van der Waals surface area contributed by atoms with Crippen molar-refractivity contribution in [3.63, 3.8) is 0 Å². The maximum absolute atomic E-state index is 12.7. The van der Waals surface area contributed by atoms with Gasteiger partial charge in [-0.2, -0.15) is 0 Å². The highest BCUT2D eigenvalue weighted by Gasteiger charge is 2.34. The van der Waals surface area contributed by atoms with Gasteiger partial charge in [-0.3, -0.25) is 9.52 Å². The SMILES string of the molecule is Cc1cccc(NS(=O)(=O)c2cccc(C(=O)N3CCC[C@H]3C(=O)O)c2)c1. The number of sulfonamides is 1. The highest BCUT2D eigenvalue weighted by Crippen LogP contribution is 2.23. The maximum Gasteiger partial charge on any atom is 0.326 e. The Hall–Kier alpha value is -2.87. The number of anilines is 1. The van der Waals surface area contributed by atoms with Gasteiger partial charge in [0.2, 0.25) is 0 Å². The third kappa shape index (κ3) is 4.11. The lowest BCUT2D eigenvalue weighted by molar-refractivity contribution is -0.141. The summed E-state index contributed by atoms with van der Waals surface area (Å²) in [5, 5.41) is 9.25. The number of aliphatic carboxylic acids is 1. The first-order valence-corrected chi connectivity index (χ1v) is 9.99. The summed E-state index contributed by atoms with van der Waals surface area (Å²) in [5.41, 5.74) is 1.49. The minimum absolute atomic E-state index is 0.0547. The fraction of sp³-hybridized carbons (Fsp3) is 0.263. The molecule has 1 atom stereocenters. The lowest BCUT2D eigenvalue weighted by Gasteiger charge is -2.21. The minimum atomic E-state index is -3.88. The van der Waals surface area contributed by atoms with Gasteiger partial charge >= 0.3 is 5.97 Å². The molecule has 1 aliphatic rings. The molecule has 2 aromatic carbocycles. The summed E-state index contributed by atoms with van der Waals surface area (Å²) < 4.78 is 27.8. The lowest BCUT2D eigenvalue weighted by atomic mass is 10.1. The Kier molecular flexibility index (Phi) is 5.18. The van der Waals surface area contributed by atoms with E-state index in [9.17, 15) is 23.1 Å². The van der Waals surface area contributed by atoms with E-state index in [2.05, 4.69) is 4.72 Å². The Bertz CT molecular complexity index is 987. The number of aryl methyl sites for hydroxylation is 1. The summed E-state index contributed by atoms with van der Waals surface area (Å²) >= 11 is 0. The topological polar surface area (TPSA) is 104 Å². The van der Waals surface area contributed by atoms with Gasteiger partial charge in [-0.25, -0.2) is 13.2 Å². The van der Waals surface area contributed by atoms with Crippen molar-refractivity contribution in [3.05, 3.63) is 59.7 Å². The third-order valence-electron chi connectivity index (χ3n) is 4.46. The van der Waals surface area contributed by atoms with E-state index in [1.54, 1.807) is 18.2 Å². The van der Waals surface area contributed by atoms with Gasteiger partial charge in [-0.1, -0.05) is 18.2 Å². The molecule has 27 heavy (non-hydrogen) atoms. The van der Waals surface area contributed by atoms with Crippen LogP contribution in [0, 0.1) is 6.92 Å². The number of likely N-dealkylation sites (tertiary alicyclic amines) is 1. The van der Waals surface area contributed by atoms with E-state index in [1.165, 1.54) is 29.2 Å². The van der Waals surface area contributed by atoms with Gasteiger partial charge < -0.3 is 10.0 Å². The van der Waals surface area contributed by atoms with Crippen molar-refractivity contribution in [1.82, 2.24) is 4.90 Å². The monoisotopic (exact) mass is 388 g/mol. The molecule has 142 valence electrons. The number of nitrogens with one attached hydrogen (secondary N) is 1. The molecule has 0 spiro atoms. The van der Waals surface area contributed by atoms with Crippen molar-refractivity contribution in [3.8, 4) is 0 Å². The standard InChI is InChI=1S/C19H20N2O5S/c1-13-5-2-7-15(11-13)20-27(25,26)16-8-3-6-14(12-16)18(22)21-10-4-9-17(21)19(23)24/h2-3,5-8,11-12,17,20H,4,9-10H2,1H3,(H,23,24)/t17-/m0/s1. The number of carboxylic acids is 1. The fourth-order valence-electron chi connectivity index (χ4n) is 3.15. The van der Waals surface area contributed by atoms with Gasteiger partial charge in [0.05, 0.1) is 4.90 Å². The van der Waals surface area contributed by atoms with E-state index in [0.29, 0.717) is 25.1 Å². The van der Waals surface area contributed by atoms with Gasteiger partial charge in [-0.05, 0) is 55.7 Å². The normalized spacial score (nSPS) is 16.9. The van der Waals surface area contributed by atoms with Crippen LogP contribution in [-0.2, 0) is 14.8 Å². The Morgan fingerprint density at radius 1 is 1.15 bits per heavy atom. The van der Waals surface area contributed by atoms with Gasteiger partial charge in [0, 0.05) is 17.8 Å². The molecule has 0 saturated carbocycles. The third-order valence-corrected chi connectivity index (χ3v) is 5.84. The summed E-state index contributed by atoms with van der Waals surface area (Å²) in [4.78, 5) is 25.2. The average Bonchev–Trinajstić information content (AvgIpc) is 3.11. The maximum atomic E-state index is 12.7. The first-order valence-electron chi connectivity index (χ1n) is 8.51. The highest BCUT2D eigenvalue weighted by molar-refractivity contribution is 7.92. The smallest absolute Gasteiger partial charge is 0.326 e. The first-order chi connectivity index (χ1) is 12.8. The Morgan fingerprint density at radius 2 is 1.89 bits per heavy atom. The van der Waals surface area contributed by atoms with Gasteiger partial charge in [0.15, 0.2) is 0 Å². The number of hydrogen-bond acceptors (Lipinski definition) is 4. The Morgan fingerprint density at radius 3 is 2.59 bits per heavy atom. The molecule has 2 aromatic rings. The van der Waals surface area contributed by atoms with E-state index in [4.69, 9.17) is 0 Å². The van der Waals surface area contributed by atoms with E-state index < -0.39 is 27.9 Å². The van der Waals surface area contributed by atoms with Crippen molar-refractivity contribution >= 4 is 27.6 Å². The summed E-state index contributed by atoms with van der Waals surface area (Å²) in [7, 11) is -3.88. The van der Waals surface area contributed by atoms with Crippen molar-refractivity contribution in [2.75, 3.05) is 11.3 Å². The fourth-order valence-corrected chi connectivity index (χ4v) is 4.25. The number of nitrogens with zero attached hydrogens (tertiary/aromatic N) is 1. The van der Waals surface area contributed by atoms with Crippen molar-refractivity contribution in [2.45, 2.75) is 30.7 Å². The van der Waals surface area contributed by atoms with E-state index in [1.807, 2.05) is 13.0 Å². The number of carbonyl (C=O) groups is 2. The largest absolute Gasteiger partial charge is 0.480 e. The highest BCUT2D eigenvalue weighted by atomic mass is 32.2. The van der Waals surface area contributed by atoms with Crippen molar-refractivity contribution in [1.29, 1.82) is 0 Å². The molecule has 0 aromatic heterocycles. The summed E-state index contributed by atoms with van der Waals surface area (Å²) in [5.74, 6) is -1.53. The second-order valence-corrected chi connectivity index (χ2v) is 8.18. The molecule has 2 N–H and O–H groups in total. The molecule has 1 fully saturated rings. The molecule has 0 unspecified atom stereocenters. The summed E-state index contributed by atoms with van der Waals surface area (Å²) in [6, 6.07) is 11.7. The molecule has 0 radical (unpaired) electrons. The van der Waals surface area contributed by atoms with Crippen molar-refractivity contribution < 1.29 is 23.1 Å². The molecule has 0 aliphatic carbocycles. The van der Waals surface area contributed by atoms with E-state index in [0.717, 1.165) is 5.56 Å². The Labute approximate surface area is 157 Å². The number of carboxylic acid groups (broad SMARTS) is 1. The van der Waals surface area contributed by atoms with Crippen LogP contribution in [-0.4, -0.2) is 42.9 Å². The molecule has 1 saturated heterocycles. The van der Waals surface area contributed by atoms with Gasteiger partial charge in [-0.15, -0.1) is 0 Å². The van der Waals surface area contributed by atoms with Crippen LogP contribution in [0.15, 0.2) is 53.4 Å². The van der Waals surface area contributed by atoms with Crippen LogP contribution in [0.25, 0.3) is 0 Å². The second-order valence-electron chi connectivity index (χ2n) is 6.50. The summed E-state index contributed by atoms with van der Waals surface area (Å²) in [6.07, 6.45) is 1.00. The number of carbonyl (C=O) groups excluding carboxylic acids is 1. The van der Waals surface area contributed by atoms with E-state index >= 15 is 0 Å². The molecular weight excluding hydrogens is 368 g/mol. The molecule has 3 rings (SSSR count). The number of hydrogen-bond donors (Lipinski definition) is 2. The zero-order valence-electron chi connectivity index (χ0n) is 14.8. The molecule has 1 amide bonds. The summed E-state index contributed by atoms with van der Waals surface area (Å²) in [6.45, 7) is 2.19. The Balaban J connectivity index is 1.86. The quantitative estimate of drug-likeness (QED) is 0.819. The number of amides is 1. The number of benzene rings is 2.